The second-order valence-electron chi connectivity index (χ2n) is 6.74. The average Bonchev–Trinajstić information content (AvgIpc) is 2.72. The van der Waals surface area contributed by atoms with Crippen molar-refractivity contribution in [2.45, 2.75) is 31.7 Å². The lowest BCUT2D eigenvalue weighted by Gasteiger charge is -2.37. The van der Waals surface area contributed by atoms with E-state index in [0.717, 1.165) is 11.6 Å². The maximum atomic E-state index is 13.2. The van der Waals surface area contributed by atoms with Crippen molar-refractivity contribution in [3.63, 3.8) is 0 Å². The minimum Gasteiger partial charge on any atom is -0.445 e. The molecule has 28 heavy (non-hydrogen) atoms. The molecule has 1 aliphatic rings. The van der Waals surface area contributed by atoms with Crippen molar-refractivity contribution in [2.24, 2.45) is 0 Å². The van der Waals surface area contributed by atoms with Gasteiger partial charge in [0.05, 0.1) is 5.56 Å². The van der Waals surface area contributed by atoms with Crippen LogP contribution in [0.15, 0.2) is 48.7 Å². The van der Waals surface area contributed by atoms with Crippen molar-refractivity contribution in [1.29, 1.82) is 0 Å². The second kappa shape index (κ2) is 8.50. The number of pyridine rings is 1. The molecule has 0 bridgehead atoms. The van der Waals surface area contributed by atoms with Crippen molar-refractivity contribution >= 4 is 11.9 Å². The van der Waals surface area contributed by atoms with Gasteiger partial charge in [-0.3, -0.25) is 0 Å². The van der Waals surface area contributed by atoms with Crippen LogP contribution in [0.25, 0.3) is 0 Å². The fraction of sp³-hybridized carbons (Fsp3) is 0.400. The highest BCUT2D eigenvalue weighted by Gasteiger charge is 2.37. The van der Waals surface area contributed by atoms with Crippen LogP contribution in [0.2, 0.25) is 0 Å². The van der Waals surface area contributed by atoms with Crippen LogP contribution in [-0.2, 0) is 17.5 Å². The third-order valence-corrected chi connectivity index (χ3v) is 4.90. The van der Waals surface area contributed by atoms with Gasteiger partial charge in [0.2, 0.25) is 0 Å². The van der Waals surface area contributed by atoms with Crippen molar-refractivity contribution < 1.29 is 22.7 Å². The quantitative estimate of drug-likeness (QED) is 0.775. The number of alkyl halides is 3. The Balaban J connectivity index is 1.56. The number of hydrogen-bond acceptors (Lipinski definition) is 4. The maximum absolute atomic E-state index is 13.2. The van der Waals surface area contributed by atoms with E-state index < -0.39 is 17.8 Å². The molecule has 1 aromatic carbocycles. The Labute approximate surface area is 161 Å². The highest BCUT2D eigenvalue weighted by molar-refractivity contribution is 5.67. The lowest BCUT2D eigenvalue weighted by atomic mass is 10.0. The molecule has 1 fully saturated rings. The fourth-order valence-electron chi connectivity index (χ4n) is 3.31. The van der Waals surface area contributed by atoms with Gasteiger partial charge in [0.15, 0.2) is 0 Å². The standard InChI is InChI=1S/C20H22F3N3O2/c1-25(19(27)28-14-15-6-3-2-4-7-15)16-9-12-26(13-10-16)18-17(20(21,22)23)8-5-11-24-18/h2-8,11,16H,9-10,12-14H2,1H3. The molecule has 0 spiro atoms. The van der Waals surface area contributed by atoms with Gasteiger partial charge in [-0.2, -0.15) is 13.2 Å². The van der Waals surface area contributed by atoms with Gasteiger partial charge >= 0.3 is 12.3 Å². The summed E-state index contributed by atoms with van der Waals surface area (Å²) >= 11 is 0. The molecular formula is C20H22F3N3O2. The summed E-state index contributed by atoms with van der Waals surface area (Å²) in [6.07, 6.45) is -2.42. The molecule has 0 radical (unpaired) electrons. The fourth-order valence-corrected chi connectivity index (χ4v) is 3.31. The minimum absolute atomic E-state index is 0.0530. The monoisotopic (exact) mass is 393 g/mol. The number of carbonyl (C=O) groups is 1. The molecule has 2 aromatic rings. The van der Waals surface area contributed by atoms with Gasteiger partial charge in [-0.05, 0) is 30.5 Å². The van der Waals surface area contributed by atoms with Gasteiger partial charge in [-0.15, -0.1) is 0 Å². The third kappa shape index (κ3) is 4.74. The summed E-state index contributed by atoms with van der Waals surface area (Å²) in [5, 5.41) is 0. The Morgan fingerprint density at radius 1 is 1.18 bits per heavy atom. The summed E-state index contributed by atoms with van der Waals surface area (Å²) in [7, 11) is 1.66. The molecule has 8 heteroatoms. The van der Waals surface area contributed by atoms with Crippen LogP contribution in [0.5, 0.6) is 0 Å². The van der Waals surface area contributed by atoms with E-state index in [1.165, 1.54) is 17.2 Å². The molecule has 0 saturated carbocycles. The maximum Gasteiger partial charge on any atom is 0.419 e. The smallest absolute Gasteiger partial charge is 0.419 e. The first kappa shape index (κ1) is 20.0. The van der Waals surface area contributed by atoms with E-state index in [9.17, 15) is 18.0 Å². The van der Waals surface area contributed by atoms with E-state index in [-0.39, 0.29) is 18.5 Å². The zero-order chi connectivity index (χ0) is 20.1. The molecular weight excluding hydrogens is 371 g/mol. The first-order chi connectivity index (χ1) is 13.4. The molecule has 2 heterocycles. The van der Waals surface area contributed by atoms with Gasteiger partial charge in [0.1, 0.15) is 12.4 Å². The van der Waals surface area contributed by atoms with Crippen LogP contribution in [0.3, 0.4) is 0 Å². The van der Waals surface area contributed by atoms with Gasteiger partial charge in [0, 0.05) is 32.4 Å². The summed E-state index contributed by atoms with van der Waals surface area (Å²) in [6.45, 7) is 0.966. The number of amides is 1. The lowest BCUT2D eigenvalue weighted by molar-refractivity contribution is -0.137. The van der Waals surface area contributed by atoms with Crippen LogP contribution < -0.4 is 4.90 Å². The summed E-state index contributed by atoms with van der Waals surface area (Å²) in [4.78, 5) is 19.4. The highest BCUT2D eigenvalue weighted by Crippen LogP contribution is 2.36. The Bertz CT molecular complexity index is 791. The molecule has 0 unspecified atom stereocenters. The van der Waals surface area contributed by atoms with Crippen LogP contribution in [0.1, 0.15) is 24.0 Å². The Morgan fingerprint density at radius 2 is 1.86 bits per heavy atom. The number of aromatic nitrogens is 1. The van der Waals surface area contributed by atoms with Crippen LogP contribution in [-0.4, -0.2) is 42.2 Å². The highest BCUT2D eigenvalue weighted by atomic mass is 19.4. The number of halogens is 3. The zero-order valence-corrected chi connectivity index (χ0v) is 15.5. The summed E-state index contributed by atoms with van der Waals surface area (Å²) in [5.74, 6) is -0.0530. The van der Waals surface area contributed by atoms with Gasteiger partial charge in [0.25, 0.3) is 0 Å². The SMILES string of the molecule is CN(C(=O)OCc1ccccc1)C1CCN(c2ncccc2C(F)(F)F)CC1. The number of piperidine rings is 1. The van der Waals surface area contributed by atoms with Gasteiger partial charge in [-0.1, -0.05) is 30.3 Å². The molecule has 150 valence electrons. The predicted octanol–water partition coefficient (Wildman–Crippen LogP) is 4.34. The molecule has 0 atom stereocenters. The largest absolute Gasteiger partial charge is 0.445 e. The van der Waals surface area contributed by atoms with Crippen molar-refractivity contribution in [2.75, 3.05) is 25.0 Å². The van der Waals surface area contributed by atoms with E-state index in [1.54, 1.807) is 11.9 Å². The molecule has 1 aliphatic heterocycles. The molecule has 5 nitrogen and oxygen atoms in total. The van der Waals surface area contributed by atoms with Gasteiger partial charge in [-0.25, -0.2) is 9.78 Å². The molecule has 3 rings (SSSR count). The zero-order valence-electron chi connectivity index (χ0n) is 15.5. The van der Waals surface area contributed by atoms with E-state index in [4.69, 9.17) is 4.74 Å². The second-order valence-corrected chi connectivity index (χ2v) is 6.74. The predicted molar refractivity (Wildman–Crippen MR) is 98.9 cm³/mol. The van der Waals surface area contributed by atoms with Crippen molar-refractivity contribution in [1.82, 2.24) is 9.88 Å². The van der Waals surface area contributed by atoms with E-state index in [1.807, 2.05) is 30.3 Å². The number of ether oxygens (including phenoxy) is 1. The number of hydrogen-bond donors (Lipinski definition) is 0. The average molecular weight is 393 g/mol. The summed E-state index contributed by atoms with van der Waals surface area (Å²) < 4.78 is 44.9. The first-order valence-corrected chi connectivity index (χ1v) is 9.07. The molecule has 1 saturated heterocycles. The van der Waals surface area contributed by atoms with Gasteiger partial charge < -0.3 is 14.5 Å². The molecule has 1 amide bonds. The molecule has 1 aromatic heterocycles. The van der Waals surface area contributed by atoms with E-state index in [0.29, 0.717) is 25.9 Å². The Kier molecular flexibility index (Phi) is 6.06. The summed E-state index contributed by atoms with van der Waals surface area (Å²) in [6, 6.07) is 11.6. The topological polar surface area (TPSA) is 45.7 Å². The molecule has 0 N–H and O–H groups in total. The number of carbonyl (C=O) groups excluding carboxylic acids is 1. The Morgan fingerprint density at radius 3 is 2.50 bits per heavy atom. The van der Waals surface area contributed by atoms with Crippen molar-refractivity contribution in [3.05, 3.63) is 59.8 Å². The minimum atomic E-state index is -4.45. The third-order valence-electron chi connectivity index (χ3n) is 4.90. The Hall–Kier alpha value is -2.77. The molecule has 0 aliphatic carbocycles. The lowest BCUT2D eigenvalue weighted by Crippen LogP contribution is -2.46. The summed E-state index contributed by atoms with van der Waals surface area (Å²) in [5.41, 5.74) is 0.165. The number of anilines is 1. The normalized spacial score (nSPS) is 15.4. The van der Waals surface area contributed by atoms with Crippen LogP contribution >= 0.6 is 0 Å². The van der Waals surface area contributed by atoms with E-state index in [2.05, 4.69) is 4.98 Å². The number of nitrogens with zero attached hydrogens (tertiary/aromatic N) is 3. The van der Waals surface area contributed by atoms with Crippen molar-refractivity contribution in [3.8, 4) is 0 Å². The van der Waals surface area contributed by atoms with Crippen LogP contribution in [0, 0.1) is 0 Å². The number of rotatable bonds is 4. The van der Waals surface area contributed by atoms with E-state index >= 15 is 0 Å². The van der Waals surface area contributed by atoms with Crippen LogP contribution in [0.4, 0.5) is 23.8 Å². The first-order valence-electron chi connectivity index (χ1n) is 9.07. The number of benzene rings is 1.